The molecule has 0 aliphatic heterocycles. The van der Waals surface area contributed by atoms with E-state index in [9.17, 15) is 9.59 Å². The third-order valence-corrected chi connectivity index (χ3v) is 3.65. The summed E-state index contributed by atoms with van der Waals surface area (Å²) >= 11 is 5.99. The number of hydrogen-bond acceptors (Lipinski definition) is 6. The van der Waals surface area contributed by atoms with Gasteiger partial charge in [-0.15, -0.1) is 0 Å². The van der Waals surface area contributed by atoms with Gasteiger partial charge in [0.05, 0.1) is 19.3 Å². The minimum atomic E-state index is -0.101. The van der Waals surface area contributed by atoms with Crippen LogP contribution in [0.3, 0.4) is 0 Å². The summed E-state index contributed by atoms with van der Waals surface area (Å²) in [5.41, 5.74) is 1.93. The second kappa shape index (κ2) is 17.5. The van der Waals surface area contributed by atoms with Gasteiger partial charge in [-0.1, -0.05) is 24.6 Å². The molecule has 1 rings (SSSR count). The molecule has 2 N–H and O–H groups in total. The summed E-state index contributed by atoms with van der Waals surface area (Å²) in [6.07, 6.45) is 8.26. The van der Waals surface area contributed by atoms with Crippen molar-refractivity contribution >= 4 is 23.7 Å². The molecule has 29 heavy (non-hydrogen) atoms. The number of methoxy groups -OCH3 is 2. The van der Waals surface area contributed by atoms with E-state index in [0.717, 1.165) is 19.0 Å². The Hall–Kier alpha value is -2.57. The average molecular weight is 426 g/mol. The Morgan fingerprint density at radius 3 is 2.10 bits per heavy atom. The first-order chi connectivity index (χ1) is 13.9. The van der Waals surface area contributed by atoms with Crippen molar-refractivity contribution in [1.82, 2.24) is 5.32 Å². The van der Waals surface area contributed by atoms with Crippen LogP contribution in [-0.2, 0) is 4.79 Å². The number of allylic oxidation sites excluding steroid dienone is 5. The number of aliphatic hydroxyl groups is 1. The molecule has 0 saturated heterocycles. The average Bonchev–Trinajstić information content (AvgIpc) is 2.75. The van der Waals surface area contributed by atoms with Gasteiger partial charge in [0.15, 0.2) is 17.3 Å². The second-order valence-electron chi connectivity index (χ2n) is 5.32. The van der Waals surface area contributed by atoms with Crippen LogP contribution >= 0.6 is 11.6 Å². The lowest BCUT2D eigenvalue weighted by atomic mass is 9.97. The molecule has 0 atom stereocenters. The highest BCUT2D eigenvalue weighted by Gasteiger charge is 2.16. The summed E-state index contributed by atoms with van der Waals surface area (Å²) in [6.45, 7) is 5.48. The van der Waals surface area contributed by atoms with E-state index < -0.39 is 0 Å². The van der Waals surface area contributed by atoms with E-state index >= 15 is 0 Å². The van der Waals surface area contributed by atoms with E-state index in [1.165, 1.54) is 0 Å². The number of halogens is 1. The fraction of sp³-hybridized carbons (Fsp3) is 0.364. The number of carbonyl (C=O) groups is 2. The van der Waals surface area contributed by atoms with Crippen LogP contribution in [0.2, 0.25) is 0 Å². The van der Waals surface area contributed by atoms with Crippen LogP contribution in [0.15, 0.2) is 47.2 Å². The van der Waals surface area contributed by atoms with Crippen LogP contribution < -0.4 is 14.8 Å². The van der Waals surface area contributed by atoms with E-state index in [2.05, 4.69) is 5.32 Å². The van der Waals surface area contributed by atoms with Gasteiger partial charge in [0, 0.05) is 37.9 Å². The normalized spacial score (nSPS) is 10.9. The molecular weight excluding hydrogens is 394 g/mol. The highest BCUT2D eigenvalue weighted by Crippen LogP contribution is 2.31. The SMILES string of the molecule is CCC=O.CO.C\C=C(/C=C\C(Cl)=C\NC)C(=O)c1cc(OC)c(OC)cc1C. The Morgan fingerprint density at radius 1 is 1.17 bits per heavy atom. The lowest BCUT2D eigenvalue weighted by Gasteiger charge is -2.12. The van der Waals surface area contributed by atoms with Crippen molar-refractivity contribution in [2.24, 2.45) is 0 Å². The molecular formula is C22H32ClNO5. The summed E-state index contributed by atoms with van der Waals surface area (Å²) < 4.78 is 10.5. The standard InChI is InChI=1S/C18H22ClNO3.C3H6O.CH4O/c1-6-13(7-8-14(19)11-20-3)18(21)15-10-17(23-5)16(22-4)9-12(15)2;1-2-3-4;1-2/h6-11,20H,1-5H3;3H,2H2,1H3;2H,1H3/b8-7-,13-6+,14-11-;;. The maximum Gasteiger partial charge on any atom is 0.193 e. The van der Waals surface area contributed by atoms with Gasteiger partial charge in [0.25, 0.3) is 0 Å². The zero-order valence-electron chi connectivity index (χ0n) is 18.2. The molecule has 1 aromatic carbocycles. The third-order valence-electron chi connectivity index (χ3n) is 3.42. The topological polar surface area (TPSA) is 84.9 Å². The van der Waals surface area contributed by atoms with Gasteiger partial charge in [0.2, 0.25) is 0 Å². The van der Waals surface area contributed by atoms with E-state index in [4.69, 9.17) is 26.2 Å². The maximum atomic E-state index is 12.7. The Labute approximate surface area is 178 Å². The van der Waals surface area contributed by atoms with Gasteiger partial charge in [-0.3, -0.25) is 4.79 Å². The molecule has 0 fully saturated rings. The molecule has 162 valence electrons. The van der Waals surface area contributed by atoms with Crippen LogP contribution in [-0.4, -0.2) is 45.6 Å². The van der Waals surface area contributed by atoms with Crippen LogP contribution in [0, 0.1) is 6.92 Å². The van der Waals surface area contributed by atoms with E-state index in [-0.39, 0.29) is 5.78 Å². The Kier molecular flexibility index (Phi) is 17.3. The van der Waals surface area contributed by atoms with Crippen molar-refractivity contribution in [1.29, 1.82) is 0 Å². The van der Waals surface area contributed by atoms with Crippen LogP contribution in [0.5, 0.6) is 11.5 Å². The maximum absolute atomic E-state index is 12.7. The molecule has 0 spiro atoms. The molecule has 1 aromatic rings. The summed E-state index contributed by atoms with van der Waals surface area (Å²) in [7, 11) is 5.86. The molecule has 7 heteroatoms. The fourth-order valence-electron chi connectivity index (χ4n) is 2.04. The summed E-state index contributed by atoms with van der Waals surface area (Å²) in [6, 6.07) is 3.48. The molecule has 0 amide bonds. The van der Waals surface area contributed by atoms with E-state index in [1.807, 2.05) is 20.8 Å². The molecule has 0 saturated carbocycles. The lowest BCUT2D eigenvalue weighted by Crippen LogP contribution is -2.05. The lowest BCUT2D eigenvalue weighted by molar-refractivity contribution is -0.107. The Bertz CT molecular complexity index is 724. The van der Waals surface area contributed by atoms with Crippen molar-refractivity contribution in [3.8, 4) is 11.5 Å². The van der Waals surface area contributed by atoms with Gasteiger partial charge >= 0.3 is 0 Å². The fourth-order valence-corrected chi connectivity index (χ4v) is 2.21. The Balaban J connectivity index is 0. The first-order valence-corrected chi connectivity index (χ1v) is 9.30. The molecule has 0 bridgehead atoms. The van der Waals surface area contributed by atoms with Gasteiger partial charge in [0.1, 0.15) is 6.29 Å². The number of ketones is 1. The number of aliphatic hydroxyl groups excluding tert-OH is 1. The Morgan fingerprint density at radius 2 is 1.69 bits per heavy atom. The van der Waals surface area contributed by atoms with Crippen molar-refractivity contribution in [2.75, 3.05) is 28.4 Å². The highest BCUT2D eigenvalue weighted by molar-refractivity contribution is 6.31. The highest BCUT2D eigenvalue weighted by atomic mass is 35.5. The second-order valence-corrected chi connectivity index (χ2v) is 5.76. The van der Waals surface area contributed by atoms with Gasteiger partial charge in [-0.05, 0) is 43.7 Å². The van der Waals surface area contributed by atoms with Crippen LogP contribution in [0.1, 0.15) is 36.2 Å². The number of hydrogen-bond donors (Lipinski definition) is 2. The minimum Gasteiger partial charge on any atom is -0.493 e. The first kappa shape index (κ1) is 28.6. The zero-order valence-corrected chi connectivity index (χ0v) is 19.0. The number of rotatable bonds is 8. The number of aryl methyl sites for hydroxylation is 1. The molecule has 0 aliphatic rings. The predicted molar refractivity (Wildman–Crippen MR) is 119 cm³/mol. The predicted octanol–water partition coefficient (Wildman–Crippen LogP) is 4.20. The third kappa shape index (κ3) is 10.5. The van der Waals surface area contributed by atoms with Crippen LogP contribution in [0.4, 0.5) is 0 Å². The van der Waals surface area contributed by atoms with Crippen LogP contribution in [0.25, 0.3) is 0 Å². The van der Waals surface area contributed by atoms with Crippen molar-refractivity contribution in [3.63, 3.8) is 0 Å². The number of Topliss-reactive ketones (excluding diaryl/α,β-unsaturated/α-hetero) is 1. The number of nitrogens with one attached hydrogen (secondary N) is 1. The van der Waals surface area contributed by atoms with E-state index in [1.54, 1.807) is 57.8 Å². The number of aldehydes is 1. The number of ether oxygens (including phenoxy) is 2. The van der Waals surface area contributed by atoms with E-state index in [0.29, 0.717) is 34.1 Å². The largest absolute Gasteiger partial charge is 0.493 e. The summed E-state index contributed by atoms with van der Waals surface area (Å²) in [5, 5.41) is 10.3. The molecule has 0 aliphatic carbocycles. The van der Waals surface area contributed by atoms with Crippen molar-refractivity contribution in [2.45, 2.75) is 27.2 Å². The van der Waals surface area contributed by atoms with Crippen molar-refractivity contribution < 1.29 is 24.2 Å². The first-order valence-electron chi connectivity index (χ1n) is 8.92. The molecule has 0 unspecified atom stereocenters. The number of carbonyl (C=O) groups excluding carboxylic acids is 2. The molecule has 0 radical (unpaired) electrons. The number of benzene rings is 1. The zero-order chi connectivity index (χ0) is 22.8. The minimum absolute atomic E-state index is 0.101. The van der Waals surface area contributed by atoms with Gasteiger partial charge in [-0.25, -0.2) is 0 Å². The molecule has 0 heterocycles. The molecule has 0 aromatic heterocycles. The quantitative estimate of drug-likeness (QED) is 0.281. The van der Waals surface area contributed by atoms with Crippen molar-refractivity contribution in [3.05, 3.63) is 58.3 Å². The molecule has 6 nitrogen and oxygen atoms in total. The van der Waals surface area contributed by atoms with Gasteiger partial charge < -0.3 is 24.7 Å². The summed E-state index contributed by atoms with van der Waals surface area (Å²) in [4.78, 5) is 21.9. The summed E-state index contributed by atoms with van der Waals surface area (Å²) in [5.74, 6) is 1.02. The smallest absolute Gasteiger partial charge is 0.193 e. The monoisotopic (exact) mass is 425 g/mol. The van der Waals surface area contributed by atoms with Gasteiger partial charge in [-0.2, -0.15) is 0 Å².